The Bertz CT molecular complexity index is 1200. The summed E-state index contributed by atoms with van der Waals surface area (Å²) in [5, 5.41) is 30.7. The second kappa shape index (κ2) is 42.0. The monoisotopic (exact) mass is 919 g/mol. The number of rotatable bonds is 45. The van der Waals surface area contributed by atoms with Gasteiger partial charge in [0.25, 0.3) is 0 Å². The van der Waals surface area contributed by atoms with Crippen molar-refractivity contribution in [2.45, 2.75) is 263 Å². The van der Waals surface area contributed by atoms with E-state index in [1.165, 1.54) is 135 Å². The molecule has 0 aromatic heterocycles. The fourth-order valence-corrected chi connectivity index (χ4v) is 8.46. The van der Waals surface area contributed by atoms with Gasteiger partial charge in [-0.3, -0.25) is 9.35 Å². The highest BCUT2D eigenvalue weighted by Crippen LogP contribution is 2.26. The first-order valence-electron chi connectivity index (χ1n) is 25.6. The molecule has 0 radical (unpaired) electrons. The summed E-state index contributed by atoms with van der Waals surface area (Å²) in [4.78, 5) is 12.9. The first-order chi connectivity index (χ1) is 30.6. The first-order valence-corrected chi connectivity index (χ1v) is 27.0. The van der Waals surface area contributed by atoms with Crippen LogP contribution in [0.2, 0.25) is 0 Å². The van der Waals surface area contributed by atoms with Crippen LogP contribution in [0.5, 0.6) is 0 Å². The number of carbonyl (C=O) groups is 1. The Morgan fingerprint density at radius 2 is 1.08 bits per heavy atom. The standard InChI is InChI=1S/C50H94O12S/c1-3-5-7-9-11-13-15-17-18-19-20-21-22-23-24-25-26-28-30-32-34-36-38-40-58-42-44(43-59-50-48(54)49(62-63(55,56)57)47(53)45(41-51)61-50)60-46(52)39-37-35-33-31-29-27-16-14-12-10-8-6-4-2/h8,10,14,16,44-45,47-51,53-54H,3-7,9,11-13,15,17-43H2,1-2H3,(H,55,56,57)/b10-8-,16-14-. The molecular formula is C50H94O12S. The van der Waals surface area contributed by atoms with Crippen molar-refractivity contribution in [1.29, 1.82) is 0 Å². The molecule has 13 heteroatoms. The molecule has 63 heavy (non-hydrogen) atoms. The summed E-state index contributed by atoms with van der Waals surface area (Å²) in [7, 11) is -5.06. The van der Waals surface area contributed by atoms with Crippen LogP contribution in [0.1, 0.15) is 226 Å². The molecule has 0 aromatic carbocycles. The van der Waals surface area contributed by atoms with E-state index < -0.39 is 59.8 Å². The molecule has 4 N–H and O–H groups in total. The van der Waals surface area contributed by atoms with Crippen LogP contribution in [0.25, 0.3) is 0 Å². The third-order valence-electron chi connectivity index (χ3n) is 11.8. The Balaban J connectivity index is 2.31. The molecule has 0 spiro atoms. The van der Waals surface area contributed by atoms with Crippen molar-refractivity contribution in [3.63, 3.8) is 0 Å². The topological polar surface area (TPSA) is 178 Å². The van der Waals surface area contributed by atoms with Gasteiger partial charge in [0, 0.05) is 13.0 Å². The molecule has 1 fully saturated rings. The number of unbranched alkanes of at least 4 members (excludes halogenated alkanes) is 28. The van der Waals surface area contributed by atoms with Crippen LogP contribution in [0.4, 0.5) is 0 Å². The van der Waals surface area contributed by atoms with Crippen LogP contribution >= 0.6 is 0 Å². The molecule has 12 nitrogen and oxygen atoms in total. The average Bonchev–Trinajstić information content (AvgIpc) is 3.26. The highest BCUT2D eigenvalue weighted by Gasteiger charge is 2.48. The molecular weight excluding hydrogens is 825 g/mol. The average molecular weight is 919 g/mol. The Morgan fingerprint density at radius 1 is 0.603 bits per heavy atom. The minimum absolute atomic E-state index is 0.0345. The number of allylic oxidation sites excluding steroid dienone is 4. The molecule has 372 valence electrons. The predicted octanol–water partition coefficient (Wildman–Crippen LogP) is 11.6. The lowest BCUT2D eigenvalue weighted by Gasteiger charge is -2.41. The van der Waals surface area contributed by atoms with Gasteiger partial charge in [0.2, 0.25) is 0 Å². The van der Waals surface area contributed by atoms with Crippen molar-refractivity contribution in [3.05, 3.63) is 24.3 Å². The van der Waals surface area contributed by atoms with Gasteiger partial charge < -0.3 is 34.3 Å². The molecule has 1 heterocycles. The molecule has 0 bridgehead atoms. The van der Waals surface area contributed by atoms with Crippen LogP contribution < -0.4 is 0 Å². The lowest BCUT2D eigenvalue weighted by molar-refractivity contribution is -0.301. The Hall–Kier alpha value is -1.42. The zero-order chi connectivity index (χ0) is 46.1. The Morgan fingerprint density at radius 3 is 1.57 bits per heavy atom. The van der Waals surface area contributed by atoms with E-state index in [2.05, 4.69) is 42.3 Å². The predicted molar refractivity (Wildman–Crippen MR) is 253 cm³/mol. The summed E-state index contributed by atoms with van der Waals surface area (Å²) < 4.78 is 59.2. The molecule has 0 saturated carbocycles. The molecule has 0 amide bonds. The van der Waals surface area contributed by atoms with Gasteiger partial charge in [0.1, 0.15) is 30.5 Å². The largest absolute Gasteiger partial charge is 0.457 e. The van der Waals surface area contributed by atoms with E-state index in [0.717, 1.165) is 64.2 Å². The van der Waals surface area contributed by atoms with E-state index in [9.17, 15) is 33.1 Å². The van der Waals surface area contributed by atoms with Crippen molar-refractivity contribution in [3.8, 4) is 0 Å². The highest BCUT2D eigenvalue weighted by atomic mass is 32.3. The van der Waals surface area contributed by atoms with Crippen molar-refractivity contribution in [1.82, 2.24) is 0 Å². The maximum absolute atomic E-state index is 12.9. The van der Waals surface area contributed by atoms with Gasteiger partial charge in [-0.1, -0.05) is 205 Å². The smallest absolute Gasteiger partial charge is 0.397 e. The third-order valence-corrected chi connectivity index (χ3v) is 12.3. The number of esters is 1. The van der Waals surface area contributed by atoms with Gasteiger partial charge in [-0.15, -0.1) is 0 Å². The quantitative estimate of drug-likeness (QED) is 0.0197. The SMILES string of the molecule is CCC/C=C\C/C=C\CCCCCCCC(=O)OC(COCCCCCCCCCCCCCCCCCCCCCCCCC)COC1OC(CO)C(O)C(OS(=O)(=O)O)C1O. The number of carbonyl (C=O) groups excluding carboxylic acids is 1. The second-order valence-corrected chi connectivity index (χ2v) is 18.8. The summed E-state index contributed by atoms with van der Waals surface area (Å²) in [6.07, 6.45) is 39.4. The van der Waals surface area contributed by atoms with Gasteiger partial charge >= 0.3 is 16.4 Å². The molecule has 1 aliphatic rings. The third kappa shape index (κ3) is 35.4. The minimum atomic E-state index is -5.06. The van der Waals surface area contributed by atoms with E-state index in [1.807, 2.05) is 0 Å². The van der Waals surface area contributed by atoms with Crippen molar-refractivity contribution >= 4 is 16.4 Å². The lowest BCUT2D eigenvalue weighted by Crippen LogP contribution is -2.60. The van der Waals surface area contributed by atoms with Gasteiger partial charge in [-0.05, 0) is 38.5 Å². The summed E-state index contributed by atoms with van der Waals surface area (Å²) in [5.74, 6) is -0.410. The number of aliphatic hydroxyl groups is 3. The van der Waals surface area contributed by atoms with Crippen LogP contribution in [0, 0.1) is 0 Å². The van der Waals surface area contributed by atoms with E-state index in [-0.39, 0.29) is 19.6 Å². The number of ether oxygens (including phenoxy) is 4. The van der Waals surface area contributed by atoms with Crippen molar-refractivity contribution in [2.75, 3.05) is 26.4 Å². The van der Waals surface area contributed by atoms with Gasteiger partial charge in [0.15, 0.2) is 6.29 Å². The van der Waals surface area contributed by atoms with E-state index in [4.69, 9.17) is 18.9 Å². The van der Waals surface area contributed by atoms with Crippen molar-refractivity contribution < 1.29 is 56.2 Å². The van der Waals surface area contributed by atoms with Gasteiger partial charge in [0.05, 0.1) is 19.8 Å². The molecule has 1 rings (SSSR count). The maximum atomic E-state index is 12.9. The van der Waals surface area contributed by atoms with Crippen molar-refractivity contribution in [2.24, 2.45) is 0 Å². The molecule has 6 atom stereocenters. The fourth-order valence-electron chi connectivity index (χ4n) is 7.95. The zero-order valence-electron chi connectivity index (χ0n) is 39.9. The van der Waals surface area contributed by atoms with E-state index in [0.29, 0.717) is 13.0 Å². The fraction of sp³-hybridized carbons (Fsp3) is 0.900. The second-order valence-electron chi connectivity index (χ2n) is 17.8. The van der Waals surface area contributed by atoms with E-state index in [1.54, 1.807) is 0 Å². The molecule has 1 saturated heterocycles. The molecule has 0 aliphatic carbocycles. The van der Waals surface area contributed by atoms with Crippen LogP contribution in [-0.2, 0) is 38.3 Å². The van der Waals surface area contributed by atoms with Gasteiger partial charge in [-0.2, -0.15) is 8.42 Å². The lowest BCUT2D eigenvalue weighted by atomic mass is 9.99. The summed E-state index contributed by atoms with van der Waals surface area (Å²) in [5.41, 5.74) is 0. The zero-order valence-corrected chi connectivity index (χ0v) is 40.7. The first kappa shape index (κ1) is 59.6. The summed E-state index contributed by atoms with van der Waals surface area (Å²) in [6.45, 7) is 3.94. The minimum Gasteiger partial charge on any atom is -0.457 e. The summed E-state index contributed by atoms with van der Waals surface area (Å²) in [6, 6.07) is 0. The number of hydrogen-bond acceptors (Lipinski definition) is 11. The van der Waals surface area contributed by atoms with Gasteiger partial charge in [-0.25, -0.2) is 4.18 Å². The molecule has 0 aromatic rings. The summed E-state index contributed by atoms with van der Waals surface area (Å²) >= 11 is 0. The molecule has 1 aliphatic heterocycles. The normalized spacial score (nSPS) is 20.0. The van der Waals surface area contributed by atoms with Crippen LogP contribution in [0.15, 0.2) is 24.3 Å². The maximum Gasteiger partial charge on any atom is 0.397 e. The highest BCUT2D eigenvalue weighted by molar-refractivity contribution is 7.80. The van der Waals surface area contributed by atoms with E-state index >= 15 is 0 Å². The molecule has 6 unspecified atom stereocenters. The Kier molecular flexibility index (Phi) is 39.7. The number of hydrogen-bond donors (Lipinski definition) is 4. The Labute approximate surface area is 384 Å². The number of aliphatic hydroxyl groups excluding tert-OH is 3. The van der Waals surface area contributed by atoms with Crippen LogP contribution in [0.3, 0.4) is 0 Å². The van der Waals surface area contributed by atoms with Crippen LogP contribution in [-0.4, -0.2) is 97.5 Å².